The fourth-order valence-electron chi connectivity index (χ4n) is 1.40. The summed E-state index contributed by atoms with van der Waals surface area (Å²) in [6.07, 6.45) is 2.27. The molecule has 0 unspecified atom stereocenters. The van der Waals surface area contributed by atoms with Crippen LogP contribution in [0.4, 0.5) is 0 Å². The first-order valence-electron chi connectivity index (χ1n) is 5.63. The minimum Gasteiger partial charge on any atom is -0.480 e. The summed E-state index contributed by atoms with van der Waals surface area (Å²) < 4.78 is 0.859. The number of nitrogens with one attached hydrogen (secondary N) is 1. The summed E-state index contributed by atoms with van der Waals surface area (Å²) in [5, 5.41) is 11.0. The van der Waals surface area contributed by atoms with Crippen LogP contribution in [0.2, 0.25) is 0 Å². The average molecular weight is 341 g/mol. The number of nitrogens with two attached hydrogens (primary N) is 1. The van der Waals surface area contributed by atoms with Gasteiger partial charge in [-0.3, -0.25) is 9.59 Å². The van der Waals surface area contributed by atoms with E-state index in [0.717, 1.165) is 10.0 Å². The summed E-state index contributed by atoms with van der Waals surface area (Å²) in [5.41, 5.74) is 5.69. The number of carbonyl (C=O) groups is 3. The molecule has 1 aromatic carbocycles. The van der Waals surface area contributed by atoms with Crippen molar-refractivity contribution in [1.29, 1.82) is 0 Å². The van der Waals surface area contributed by atoms with Crippen LogP contribution in [-0.4, -0.2) is 28.9 Å². The van der Waals surface area contributed by atoms with Crippen molar-refractivity contribution in [3.05, 3.63) is 40.4 Å². The number of carbonyl (C=O) groups excluding carboxylic acids is 2. The highest BCUT2D eigenvalue weighted by Crippen LogP contribution is 2.12. The smallest absolute Gasteiger partial charge is 0.326 e. The van der Waals surface area contributed by atoms with Crippen LogP contribution in [-0.2, 0) is 14.4 Å². The second-order valence-electron chi connectivity index (χ2n) is 3.96. The van der Waals surface area contributed by atoms with Crippen molar-refractivity contribution in [2.75, 3.05) is 0 Å². The zero-order valence-electron chi connectivity index (χ0n) is 10.4. The van der Waals surface area contributed by atoms with Crippen molar-refractivity contribution < 1.29 is 19.5 Å². The first kappa shape index (κ1) is 15.9. The van der Waals surface area contributed by atoms with Crippen LogP contribution in [0.3, 0.4) is 0 Å². The molecular weight excluding hydrogens is 328 g/mol. The van der Waals surface area contributed by atoms with Crippen molar-refractivity contribution >= 4 is 39.8 Å². The Morgan fingerprint density at radius 3 is 2.65 bits per heavy atom. The van der Waals surface area contributed by atoms with Gasteiger partial charge in [0.1, 0.15) is 6.04 Å². The highest BCUT2D eigenvalue weighted by Gasteiger charge is 2.20. The molecule has 4 N–H and O–H groups in total. The molecule has 0 fully saturated rings. The van der Waals surface area contributed by atoms with Crippen molar-refractivity contribution in [3.8, 4) is 0 Å². The van der Waals surface area contributed by atoms with Gasteiger partial charge in [0.05, 0.1) is 6.42 Å². The molecule has 0 spiro atoms. The summed E-state index contributed by atoms with van der Waals surface area (Å²) in [6.45, 7) is 0. The number of aliphatic carboxylic acids is 1. The molecular formula is C13H13BrN2O4. The molecule has 1 rings (SSSR count). The van der Waals surface area contributed by atoms with E-state index >= 15 is 0 Å². The Morgan fingerprint density at radius 1 is 1.40 bits per heavy atom. The van der Waals surface area contributed by atoms with E-state index in [-0.39, 0.29) is 0 Å². The molecule has 0 aromatic heterocycles. The Kier molecular flexibility index (Phi) is 5.92. The largest absolute Gasteiger partial charge is 0.480 e. The maximum Gasteiger partial charge on any atom is 0.326 e. The fourth-order valence-corrected chi connectivity index (χ4v) is 1.82. The monoisotopic (exact) mass is 340 g/mol. The number of hydrogen-bond acceptors (Lipinski definition) is 3. The Morgan fingerprint density at radius 2 is 2.10 bits per heavy atom. The highest BCUT2D eigenvalue weighted by molar-refractivity contribution is 9.10. The van der Waals surface area contributed by atoms with E-state index in [1.165, 1.54) is 12.2 Å². The Labute approximate surface area is 123 Å². The lowest BCUT2D eigenvalue weighted by Crippen LogP contribution is -2.42. The van der Waals surface area contributed by atoms with Crippen molar-refractivity contribution in [3.63, 3.8) is 0 Å². The van der Waals surface area contributed by atoms with Crippen molar-refractivity contribution in [2.24, 2.45) is 5.73 Å². The maximum atomic E-state index is 11.6. The number of halogens is 1. The minimum atomic E-state index is -1.33. The predicted molar refractivity (Wildman–Crippen MR) is 76.6 cm³/mol. The van der Waals surface area contributed by atoms with Crippen LogP contribution in [0.5, 0.6) is 0 Å². The van der Waals surface area contributed by atoms with Crippen LogP contribution in [0.15, 0.2) is 34.8 Å². The van der Waals surface area contributed by atoms with Gasteiger partial charge < -0.3 is 16.2 Å². The molecule has 0 aliphatic carbocycles. The first-order valence-corrected chi connectivity index (χ1v) is 6.43. The Hall–Kier alpha value is -2.15. The molecule has 0 saturated heterocycles. The molecule has 6 nitrogen and oxygen atoms in total. The van der Waals surface area contributed by atoms with E-state index in [1.807, 2.05) is 6.07 Å². The second kappa shape index (κ2) is 7.44. The SMILES string of the molecule is NC(=O)C[C@@H](NC(=O)/C=C/c1cccc(Br)c1)C(=O)O. The summed E-state index contributed by atoms with van der Waals surface area (Å²) in [4.78, 5) is 33.1. The van der Waals surface area contributed by atoms with Gasteiger partial charge in [-0.1, -0.05) is 28.1 Å². The maximum absolute atomic E-state index is 11.6. The number of primary amides is 1. The zero-order valence-corrected chi connectivity index (χ0v) is 12.0. The Bertz CT molecular complexity index is 557. The van der Waals surface area contributed by atoms with E-state index in [1.54, 1.807) is 18.2 Å². The number of amides is 2. The van der Waals surface area contributed by atoms with Gasteiger partial charge in [-0.15, -0.1) is 0 Å². The summed E-state index contributed by atoms with van der Waals surface area (Å²) in [5.74, 6) is -2.72. The molecule has 0 aliphatic rings. The standard InChI is InChI=1S/C13H13BrN2O4/c14-9-3-1-2-8(6-9)4-5-12(18)16-10(13(19)20)7-11(15)17/h1-6,10H,7H2,(H2,15,17)(H,16,18)(H,19,20)/b5-4+/t10-/m1/s1. The minimum absolute atomic E-state index is 0.453. The van der Waals surface area contributed by atoms with Crippen LogP contribution in [0, 0.1) is 0 Å². The number of carboxylic acid groups (broad SMARTS) is 1. The fraction of sp³-hybridized carbons (Fsp3) is 0.154. The van der Waals surface area contributed by atoms with Gasteiger partial charge in [-0.05, 0) is 23.8 Å². The lowest BCUT2D eigenvalue weighted by atomic mass is 10.2. The molecule has 0 saturated carbocycles. The van der Waals surface area contributed by atoms with E-state index in [2.05, 4.69) is 21.2 Å². The zero-order chi connectivity index (χ0) is 15.1. The molecule has 20 heavy (non-hydrogen) atoms. The predicted octanol–water partition coefficient (Wildman–Crippen LogP) is 0.907. The molecule has 0 radical (unpaired) electrons. The number of benzene rings is 1. The summed E-state index contributed by atoms with van der Waals surface area (Å²) in [6, 6.07) is 5.89. The van der Waals surface area contributed by atoms with E-state index in [4.69, 9.17) is 10.8 Å². The molecule has 7 heteroatoms. The molecule has 0 aliphatic heterocycles. The number of carboxylic acids is 1. The molecule has 0 bridgehead atoms. The van der Waals surface area contributed by atoms with Crippen molar-refractivity contribution in [1.82, 2.24) is 5.32 Å². The van der Waals surface area contributed by atoms with Crippen molar-refractivity contribution in [2.45, 2.75) is 12.5 Å². The summed E-state index contributed by atoms with van der Waals surface area (Å²) >= 11 is 3.29. The Balaban J connectivity index is 2.66. The topological polar surface area (TPSA) is 109 Å². The van der Waals surface area contributed by atoms with Gasteiger partial charge in [0.15, 0.2) is 0 Å². The van der Waals surface area contributed by atoms with Gasteiger partial charge in [0.25, 0.3) is 0 Å². The van der Waals surface area contributed by atoms with E-state index in [0.29, 0.717) is 0 Å². The van der Waals surface area contributed by atoms with Gasteiger partial charge in [0, 0.05) is 10.5 Å². The molecule has 1 aromatic rings. The number of hydrogen-bond donors (Lipinski definition) is 3. The highest BCUT2D eigenvalue weighted by atomic mass is 79.9. The van der Waals surface area contributed by atoms with Gasteiger partial charge in [0.2, 0.25) is 11.8 Å². The molecule has 1 atom stereocenters. The third-order valence-corrected chi connectivity index (χ3v) is 2.79. The van der Waals surface area contributed by atoms with E-state index < -0.39 is 30.2 Å². The van der Waals surface area contributed by atoms with Crippen LogP contribution in [0.1, 0.15) is 12.0 Å². The third kappa shape index (κ3) is 5.66. The van der Waals surface area contributed by atoms with E-state index in [9.17, 15) is 14.4 Å². The summed E-state index contributed by atoms with van der Waals surface area (Å²) in [7, 11) is 0. The van der Waals surface area contributed by atoms with Crippen LogP contribution in [0.25, 0.3) is 6.08 Å². The van der Waals surface area contributed by atoms with Gasteiger partial charge >= 0.3 is 5.97 Å². The third-order valence-electron chi connectivity index (χ3n) is 2.30. The first-order chi connectivity index (χ1) is 9.38. The van der Waals surface area contributed by atoms with Crippen LogP contribution < -0.4 is 11.1 Å². The normalized spacial score (nSPS) is 12.1. The average Bonchev–Trinajstić information content (AvgIpc) is 2.35. The van der Waals surface area contributed by atoms with Gasteiger partial charge in [-0.2, -0.15) is 0 Å². The number of rotatable bonds is 6. The lowest BCUT2D eigenvalue weighted by molar-refractivity contribution is -0.142. The molecule has 0 heterocycles. The quantitative estimate of drug-likeness (QED) is 0.668. The van der Waals surface area contributed by atoms with Crippen LogP contribution >= 0.6 is 15.9 Å². The molecule has 106 valence electrons. The second-order valence-corrected chi connectivity index (χ2v) is 4.87. The molecule has 2 amide bonds. The lowest BCUT2D eigenvalue weighted by Gasteiger charge is -2.10. The van der Waals surface area contributed by atoms with Gasteiger partial charge in [-0.25, -0.2) is 4.79 Å².